The first-order valence-corrected chi connectivity index (χ1v) is 8.89. The van der Waals surface area contributed by atoms with E-state index in [4.69, 9.17) is 26.7 Å². The molecule has 2 aromatic carbocycles. The van der Waals surface area contributed by atoms with Crippen LogP contribution in [0.3, 0.4) is 0 Å². The van der Waals surface area contributed by atoms with Gasteiger partial charge in [-0.2, -0.15) is 0 Å². The summed E-state index contributed by atoms with van der Waals surface area (Å²) in [5, 5.41) is 3.97. The van der Waals surface area contributed by atoms with Gasteiger partial charge in [0.1, 0.15) is 0 Å². The van der Waals surface area contributed by atoms with Crippen LogP contribution in [-0.4, -0.2) is 47.3 Å². The molecule has 0 fully saturated rings. The van der Waals surface area contributed by atoms with Gasteiger partial charge >= 0.3 is 0 Å². The zero-order valence-corrected chi connectivity index (χ0v) is 16.2. The summed E-state index contributed by atoms with van der Waals surface area (Å²) in [5.41, 5.74) is 4.00. The molecule has 0 saturated carbocycles. The molecular weight excluding hydrogens is 348 g/mol. The number of methoxy groups -OCH3 is 2. The Morgan fingerprint density at radius 2 is 1.46 bits per heavy atom. The van der Waals surface area contributed by atoms with Gasteiger partial charge in [0.05, 0.1) is 36.3 Å². The third-order valence-electron chi connectivity index (χ3n) is 4.24. The van der Waals surface area contributed by atoms with Crippen LogP contribution in [0.5, 0.6) is 11.5 Å². The molecule has 0 amide bonds. The van der Waals surface area contributed by atoms with Gasteiger partial charge in [-0.15, -0.1) is 0 Å². The van der Waals surface area contributed by atoms with Crippen molar-refractivity contribution in [2.45, 2.75) is 13.8 Å². The Bertz CT molecular complexity index is 957. The zero-order chi connectivity index (χ0) is 18.7. The zero-order valence-electron chi connectivity index (χ0n) is 15.4. The lowest BCUT2D eigenvalue weighted by Crippen LogP contribution is -2.34. The van der Waals surface area contributed by atoms with Crippen molar-refractivity contribution in [2.24, 2.45) is 0 Å². The molecule has 0 bridgehead atoms. The van der Waals surface area contributed by atoms with Crippen LogP contribution in [0.2, 0.25) is 0 Å². The fraction of sp³-hybridized carbons (Fsp3) is 0.316. The van der Waals surface area contributed by atoms with Crippen molar-refractivity contribution in [2.75, 3.05) is 32.6 Å². The molecule has 0 saturated heterocycles. The number of anilines is 1. The van der Waals surface area contributed by atoms with Gasteiger partial charge in [0, 0.05) is 30.9 Å². The number of rotatable bonds is 5. The van der Waals surface area contributed by atoms with E-state index in [1.807, 2.05) is 30.3 Å². The molecule has 0 unspecified atom stereocenters. The van der Waals surface area contributed by atoms with Gasteiger partial charge in [0.15, 0.2) is 16.6 Å². The monoisotopic (exact) mass is 370 g/mol. The third kappa shape index (κ3) is 3.48. The van der Waals surface area contributed by atoms with Gasteiger partial charge in [-0.05, 0) is 44.3 Å². The average molecular weight is 370 g/mol. The van der Waals surface area contributed by atoms with Crippen molar-refractivity contribution in [3.63, 3.8) is 0 Å². The molecule has 1 aromatic heterocycles. The molecule has 0 radical (unpaired) electrons. The van der Waals surface area contributed by atoms with E-state index in [0.29, 0.717) is 16.6 Å². The number of nitrogens with one attached hydrogen (secondary N) is 1. The maximum Gasteiger partial charge on any atom is 0.173 e. The summed E-state index contributed by atoms with van der Waals surface area (Å²) in [6.45, 7) is 5.89. The molecule has 1 heterocycles. The van der Waals surface area contributed by atoms with Crippen molar-refractivity contribution < 1.29 is 9.47 Å². The molecule has 6 nitrogen and oxygen atoms in total. The predicted octanol–water partition coefficient (Wildman–Crippen LogP) is 3.84. The highest BCUT2D eigenvalue weighted by Gasteiger charge is 2.11. The lowest BCUT2D eigenvalue weighted by molar-refractivity contribution is 0.355. The van der Waals surface area contributed by atoms with Gasteiger partial charge in [-0.3, -0.25) is 0 Å². The smallest absolute Gasteiger partial charge is 0.173 e. The number of thiocarbonyl (C=S) groups is 1. The molecule has 0 spiro atoms. The fourth-order valence-corrected chi connectivity index (χ4v) is 3.17. The van der Waals surface area contributed by atoms with Gasteiger partial charge in [-0.1, -0.05) is 0 Å². The molecule has 0 aliphatic heterocycles. The standard InChI is InChI=1S/C19H22N4O2S/c1-5-23(6-2)19(26)20-12-7-8-13-14(9-12)22-16-11-18(25-4)17(24-3)10-15(16)21-13/h7-11H,5-6H2,1-4H3,(H,20,26). The average Bonchev–Trinajstić information content (AvgIpc) is 2.66. The van der Waals surface area contributed by atoms with E-state index in [-0.39, 0.29) is 0 Å². The van der Waals surface area contributed by atoms with Crippen LogP contribution in [0, 0.1) is 0 Å². The van der Waals surface area contributed by atoms with Crippen LogP contribution in [-0.2, 0) is 0 Å². The summed E-state index contributed by atoms with van der Waals surface area (Å²) in [6.07, 6.45) is 0. The summed E-state index contributed by atoms with van der Waals surface area (Å²) in [7, 11) is 3.21. The molecule has 0 atom stereocenters. The van der Waals surface area contributed by atoms with E-state index in [1.54, 1.807) is 14.2 Å². The number of fused-ring (bicyclic) bond motifs is 2. The first-order valence-electron chi connectivity index (χ1n) is 8.49. The highest BCUT2D eigenvalue weighted by Crippen LogP contribution is 2.31. The molecule has 3 rings (SSSR count). The molecular formula is C19H22N4O2S. The van der Waals surface area contributed by atoms with E-state index in [9.17, 15) is 0 Å². The van der Waals surface area contributed by atoms with Crippen LogP contribution in [0.1, 0.15) is 13.8 Å². The van der Waals surface area contributed by atoms with Gasteiger partial charge < -0.3 is 19.7 Å². The molecule has 7 heteroatoms. The van der Waals surface area contributed by atoms with Crippen LogP contribution in [0.4, 0.5) is 5.69 Å². The fourth-order valence-electron chi connectivity index (χ4n) is 2.79. The Hall–Kier alpha value is -2.67. The van der Waals surface area contributed by atoms with E-state index in [1.165, 1.54) is 0 Å². The minimum absolute atomic E-state index is 0.630. The second-order valence-corrected chi connectivity index (χ2v) is 6.11. The van der Waals surface area contributed by atoms with E-state index >= 15 is 0 Å². The summed E-state index contributed by atoms with van der Waals surface area (Å²) < 4.78 is 10.7. The Kier molecular flexibility index (Phi) is 5.37. The number of ether oxygens (including phenoxy) is 2. The summed E-state index contributed by atoms with van der Waals surface area (Å²) in [5.74, 6) is 1.27. The van der Waals surface area contributed by atoms with E-state index < -0.39 is 0 Å². The van der Waals surface area contributed by atoms with Crippen molar-refractivity contribution in [1.82, 2.24) is 14.9 Å². The van der Waals surface area contributed by atoms with Crippen molar-refractivity contribution in [3.8, 4) is 11.5 Å². The minimum Gasteiger partial charge on any atom is -0.493 e. The normalized spacial score (nSPS) is 10.8. The molecule has 0 aliphatic rings. The molecule has 0 aliphatic carbocycles. The van der Waals surface area contributed by atoms with Crippen LogP contribution < -0.4 is 14.8 Å². The van der Waals surface area contributed by atoms with E-state index in [2.05, 4.69) is 29.0 Å². The number of hydrogen-bond acceptors (Lipinski definition) is 5. The van der Waals surface area contributed by atoms with E-state index in [0.717, 1.165) is 40.8 Å². The topological polar surface area (TPSA) is 59.5 Å². The second kappa shape index (κ2) is 7.70. The Balaban J connectivity index is 2.01. The second-order valence-electron chi connectivity index (χ2n) is 5.73. The Labute approximate surface area is 158 Å². The third-order valence-corrected chi connectivity index (χ3v) is 4.60. The van der Waals surface area contributed by atoms with Crippen molar-refractivity contribution >= 4 is 45.1 Å². The molecule has 136 valence electrons. The number of hydrogen-bond donors (Lipinski definition) is 1. The summed E-state index contributed by atoms with van der Waals surface area (Å²) >= 11 is 5.46. The van der Waals surface area contributed by atoms with Crippen LogP contribution in [0.25, 0.3) is 22.1 Å². The minimum atomic E-state index is 0.630. The predicted molar refractivity (Wildman–Crippen MR) is 109 cm³/mol. The summed E-state index contributed by atoms with van der Waals surface area (Å²) in [4.78, 5) is 11.5. The number of nitrogens with zero attached hydrogens (tertiary/aromatic N) is 3. The summed E-state index contributed by atoms with van der Waals surface area (Å²) in [6, 6.07) is 9.52. The lowest BCUT2D eigenvalue weighted by atomic mass is 10.2. The van der Waals surface area contributed by atoms with Gasteiger partial charge in [-0.25, -0.2) is 9.97 Å². The maximum atomic E-state index is 5.46. The first kappa shape index (κ1) is 18.1. The quantitative estimate of drug-likeness (QED) is 0.541. The maximum absolute atomic E-state index is 5.46. The van der Waals surface area contributed by atoms with Crippen molar-refractivity contribution in [1.29, 1.82) is 0 Å². The Morgan fingerprint density at radius 3 is 2.00 bits per heavy atom. The van der Waals surface area contributed by atoms with Crippen LogP contribution in [0.15, 0.2) is 30.3 Å². The lowest BCUT2D eigenvalue weighted by Gasteiger charge is -2.22. The molecule has 26 heavy (non-hydrogen) atoms. The van der Waals surface area contributed by atoms with Gasteiger partial charge in [0.2, 0.25) is 0 Å². The highest BCUT2D eigenvalue weighted by molar-refractivity contribution is 7.80. The van der Waals surface area contributed by atoms with Crippen molar-refractivity contribution in [3.05, 3.63) is 30.3 Å². The highest BCUT2D eigenvalue weighted by atomic mass is 32.1. The largest absolute Gasteiger partial charge is 0.493 e. The SMILES string of the molecule is CCN(CC)C(=S)Nc1ccc2nc3cc(OC)c(OC)cc3nc2c1. The molecule has 3 aromatic rings. The first-order chi connectivity index (χ1) is 12.6. The number of benzene rings is 2. The Morgan fingerprint density at radius 1 is 0.923 bits per heavy atom. The number of aromatic nitrogens is 2. The van der Waals surface area contributed by atoms with Crippen LogP contribution >= 0.6 is 12.2 Å². The van der Waals surface area contributed by atoms with Gasteiger partial charge in [0.25, 0.3) is 0 Å². The molecule has 1 N–H and O–H groups in total.